The number of alkyl halides is 2. The van der Waals surface area contributed by atoms with Gasteiger partial charge in [0.05, 0.1) is 18.8 Å². The molecule has 1 heterocycles. The third kappa shape index (κ3) is 3.10. The number of halogens is 2. The highest BCUT2D eigenvalue weighted by molar-refractivity contribution is 4.90. The molecule has 74 valence electrons. The summed E-state index contributed by atoms with van der Waals surface area (Å²) in [7, 11) is 0. The Hall–Kier alpha value is -0.970. The van der Waals surface area contributed by atoms with Crippen molar-refractivity contribution in [3.05, 3.63) is 17.8 Å². The average Bonchev–Trinajstić information content (AvgIpc) is 2.47. The fourth-order valence-corrected chi connectivity index (χ4v) is 0.821. The van der Waals surface area contributed by atoms with E-state index in [4.69, 9.17) is 4.42 Å². The van der Waals surface area contributed by atoms with Crippen molar-refractivity contribution < 1.29 is 13.2 Å². The molecule has 0 bridgehead atoms. The largest absolute Gasteiger partial charge is 0.445 e. The Labute approximate surface area is 75.2 Å². The zero-order chi connectivity index (χ0) is 9.84. The fourth-order valence-electron chi connectivity index (χ4n) is 0.821. The lowest BCUT2D eigenvalue weighted by Gasteiger charge is -2.10. The Balaban J connectivity index is 2.35. The second-order valence-corrected chi connectivity index (χ2v) is 2.87. The summed E-state index contributed by atoms with van der Waals surface area (Å²) in [6.45, 7) is 3.41. The molecule has 0 fully saturated rings. The smallest absolute Gasteiger partial charge is 0.253 e. The van der Waals surface area contributed by atoms with E-state index < -0.39 is 12.5 Å². The minimum atomic E-state index is -2.36. The van der Waals surface area contributed by atoms with E-state index in [-0.39, 0.29) is 6.54 Å². The van der Waals surface area contributed by atoms with Crippen LogP contribution in [0, 0.1) is 6.92 Å². The summed E-state index contributed by atoms with van der Waals surface area (Å²) >= 11 is 0. The van der Waals surface area contributed by atoms with Crippen molar-refractivity contribution >= 4 is 0 Å². The molecule has 0 spiro atoms. The van der Waals surface area contributed by atoms with Crippen LogP contribution in [0.4, 0.5) is 8.78 Å². The molecule has 1 aromatic rings. The van der Waals surface area contributed by atoms with Crippen LogP contribution in [0.2, 0.25) is 0 Å². The monoisotopic (exact) mass is 190 g/mol. The van der Waals surface area contributed by atoms with E-state index in [1.54, 1.807) is 13.1 Å². The third-order valence-electron chi connectivity index (χ3n) is 1.62. The van der Waals surface area contributed by atoms with Crippen LogP contribution in [0.3, 0.4) is 0 Å². The van der Waals surface area contributed by atoms with E-state index in [0.717, 1.165) is 0 Å². The van der Waals surface area contributed by atoms with Crippen molar-refractivity contribution in [2.75, 3.05) is 0 Å². The van der Waals surface area contributed by atoms with E-state index in [1.165, 1.54) is 6.92 Å². The van der Waals surface area contributed by atoms with Gasteiger partial charge < -0.3 is 9.73 Å². The molecule has 1 atom stereocenters. The van der Waals surface area contributed by atoms with Gasteiger partial charge in [0.1, 0.15) is 5.76 Å². The lowest BCUT2D eigenvalue weighted by Crippen LogP contribution is -2.32. The Morgan fingerprint density at radius 1 is 1.62 bits per heavy atom. The molecule has 1 aromatic heterocycles. The first kappa shape index (κ1) is 10.1. The minimum Gasteiger partial charge on any atom is -0.445 e. The van der Waals surface area contributed by atoms with Gasteiger partial charge in [-0.15, -0.1) is 0 Å². The van der Waals surface area contributed by atoms with Gasteiger partial charge in [-0.1, -0.05) is 0 Å². The third-order valence-corrected chi connectivity index (χ3v) is 1.62. The van der Waals surface area contributed by atoms with Crippen LogP contribution >= 0.6 is 0 Å². The molecule has 5 heteroatoms. The van der Waals surface area contributed by atoms with Crippen molar-refractivity contribution in [2.45, 2.75) is 32.9 Å². The zero-order valence-corrected chi connectivity index (χ0v) is 7.55. The number of aromatic nitrogens is 1. The van der Waals surface area contributed by atoms with Crippen LogP contribution in [0.15, 0.2) is 10.6 Å². The fraction of sp³-hybridized carbons (Fsp3) is 0.625. The van der Waals surface area contributed by atoms with Crippen molar-refractivity contribution in [3.63, 3.8) is 0 Å². The zero-order valence-electron chi connectivity index (χ0n) is 7.55. The maximum atomic E-state index is 12.0. The Bertz CT molecular complexity index is 262. The van der Waals surface area contributed by atoms with Gasteiger partial charge in [0.15, 0.2) is 0 Å². The normalized spacial score (nSPS) is 13.6. The lowest BCUT2D eigenvalue weighted by molar-refractivity contribution is 0.104. The standard InChI is InChI=1S/C8H12F2N2O/c1-5-3-12-7(13-5)4-11-6(2)8(9)10/h3,6,8,11H,4H2,1-2H3. The van der Waals surface area contributed by atoms with Crippen molar-refractivity contribution in [2.24, 2.45) is 0 Å². The number of oxazole rings is 1. The molecule has 3 nitrogen and oxygen atoms in total. The molecule has 0 aliphatic carbocycles. The topological polar surface area (TPSA) is 38.1 Å². The predicted molar refractivity (Wildman–Crippen MR) is 43.5 cm³/mol. The molecule has 1 rings (SSSR count). The number of hydrogen-bond donors (Lipinski definition) is 1. The molecular weight excluding hydrogens is 178 g/mol. The lowest BCUT2D eigenvalue weighted by atomic mass is 10.3. The molecule has 1 N–H and O–H groups in total. The van der Waals surface area contributed by atoms with Crippen LogP contribution in [-0.2, 0) is 6.54 Å². The van der Waals surface area contributed by atoms with E-state index in [0.29, 0.717) is 11.7 Å². The van der Waals surface area contributed by atoms with Crippen molar-refractivity contribution in [1.82, 2.24) is 10.3 Å². The summed E-state index contributed by atoms with van der Waals surface area (Å²) in [6, 6.07) is -0.841. The summed E-state index contributed by atoms with van der Waals surface area (Å²) in [4.78, 5) is 3.87. The first-order valence-corrected chi connectivity index (χ1v) is 4.02. The second-order valence-electron chi connectivity index (χ2n) is 2.87. The molecule has 13 heavy (non-hydrogen) atoms. The van der Waals surface area contributed by atoms with E-state index in [9.17, 15) is 8.78 Å². The summed E-state index contributed by atoms with van der Waals surface area (Å²) in [6.07, 6.45) is -0.805. The average molecular weight is 190 g/mol. The minimum absolute atomic E-state index is 0.235. The molecule has 0 aromatic carbocycles. The Morgan fingerprint density at radius 2 is 2.31 bits per heavy atom. The summed E-state index contributed by atoms with van der Waals surface area (Å²) in [5.41, 5.74) is 0. The number of nitrogens with one attached hydrogen (secondary N) is 1. The number of aryl methyl sites for hydroxylation is 1. The van der Waals surface area contributed by atoms with Gasteiger partial charge in [-0.05, 0) is 13.8 Å². The molecule has 0 amide bonds. The summed E-state index contributed by atoms with van der Waals surface area (Å²) in [5.74, 6) is 1.12. The molecule has 0 aliphatic rings. The van der Waals surface area contributed by atoms with Gasteiger partial charge in [0.25, 0.3) is 6.43 Å². The number of hydrogen-bond acceptors (Lipinski definition) is 3. The molecule has 0 saturated heterocycles. The van der Waals surface area contributed by atoms with Crippen LogP contribution in [0.5, 0.6) is 0 Å². The van der Waals surface area contributed by atoms with Gasteiger partial charge in [-0.2, -0.15) is 0 Å². The predicted octanol–water partition coefficient (Wildman–Crippen LogP) is 1.73. The quantitative estimate of drug-likeness (QED) is 0.785. The van der Waals surface area contributed by atoms with Gasteiger partial charge in [-0.3, -0.25) is 0 Å². The number of nitrogens with zero attached hydrogens (tertiary/aromatic N) is 1. The summed E-state index contributed by atoms with van der Waals surface area (Å²) in [5, 5.41) is 2.61. The molecule has 1 unspecified atom stereocenters. The Morgan fingerprint density at radius 3 is 2.77 bits per heavy atom. The van der Waals surface area contributed by atoms with Crippen molar-refractivity contribution in [1.29, 1.82) is 0 Å². The van der Waals surface area contributed by atoms with E-state index >= 15 is 0 Å². The molecule has 0 radical (unpaired) electrons. The maximum Gasteiger partial charge on any atom is 0.253 e. The highest BCUT2D eigenvalue weighted by atomic mass is 19.3. The van der Waals surface area contributed by atoms with E-state index in [1.807, 2.05) is 0 Å². The summed E-state index contributed by atoms with van der Waals surface area (Å²) < 4.78 is 29.1. The first-order valence-electron chi connectivity index (χ1n) is 4.02. The maximum absolute atomic E-state index is 12.0. The van der Waals surface area contributed by atoms with Gasteiger partial charge in [0.2, 0.25) is 5.89 Å². The van der Waals surface area contributed by atoms with Gasteiger partial charge in [-0.25, -0.2) is 13.8 Å². The molecule has 0 aliphatic heterocycles. The van der Waals surface area contributed by atoms with E-state index in [2.05, 4.69) is 10.3 Å². The van der Waals surface area contributed by atoms with Crippen LogP contribution in [0.1, 0.15) is 18.6 Å². The van der Waals surface area contributed by atoms with Crippen LogP contribution in [0.25, 0.3) is 0 Å². The van der Waals surface area contributed by atoms with Crippen LogP contribution < -0.4 is 5.32 Å². The number of rotatable bonds is 4. The first-order chi connectivity index (χ1) is 6.09. The van der Waals surface area contributed by atoms with Gasteiger partial charge >= 0.3 is 0 Å². The molecule has 0 saturated carbocycles. The van der Waals surface area contributed by atoms with Crippen LogP contribution in [-0.4, -0.2) is 17.5 Å². The van der Waals surface area contributed by atoms with Crippen molar-refractivity contribution in [3.8, 4) is 0 Å². The molecular formula is C8H12F2N2O. The Kier molecular flexibility index (Phi) is 3.36. The SMILES string of the molecule is Cc1cnc(CNC(C)C(F)F)o1. The highest BCUT2D eigenvalue weighted by Crippen LogP contribution is 2.03. The van der Waals surface area contributed by atoms with Gasteiger partial charge in [0, 0.05) is 0 Å². The highest BCUT2D eigenvalue weighted by Gasteiger charge is 2.14. The second kappa shape index (κ2) is 4.32.